The molecule has 0 bridgehead atoms. The van der Waals surface area contributed by atoms with Gasteiger partial charge in [0, 0.05) is 12.5 Å². The van der Waals surface area contributed by atoms with Crippen LogP contribution in [0.25, 0.3) is 0 Å². The molecule has 0 amide bonds. The number of rotatable bonds is 7. The second-order valence-corrected chi connectivity index (χ2v) is 7.49. The number of hydrogen-bond acceptors (Lipinski definition) is 6. The van der Waals surface area contributed by atoms with Crippen LogP contribution in [0.2, 0.25) is 0 Å². The third-order valence-corrected chi connectivity index (χ3v) is 5.35. The van der Waals surface area contributed by atoms with E-state index >= 15 is 0 Å². The number of benzene rings is 2. The van der Waals surface area contributed by atoms with Gasteiger partial charge in [0.25, 0.3) is 0 Å². The van der Waals surface area contributed by atoms with Gasteiger partial charge in [-0.1, -0.05) is 19.1 Å². The first kappa shape index (κ1) is 19.0. The highest BCUT2D eigenvalue weighted by Crippen LogP contribution is 2.31. The van der Waals surface area contributed by atoms with E-state index in [0.29, 0.717) is 19.4 Å². The van der Waals surface area contributed by atoms with Crippen LogP contribution in [0.1, 0.15) is 25.3 Å². The molecule has 0 aliphatic carbocycles. The minimum absolute atomic E-state index is 0.0591. The van der Waals surface area contributed by atoms with Gasteiger partial charge in [-0.2, -0.15) is 0 Å². The molecule has 0 heterocycles. The first-order chi connectivity index (χ1) is 11.9. The molecular weight excluding hydrogens is 342 g/mol. The zero-order valence-electron chi connectivity index (χ0n) is 13.9. The molecule has 0 saturated heterocycles. The fraction of sp³-hybridized carbons (Fsp3) is 0.278. The highest BCUT2D eigenvalue weighted by atomic mass is 32.2. The number of sulfone groups is 1. The molecule has 0 atom stereocenters. The van der Waals surface area contributed by atoms with Crippen molar-refractivity contribution in [2.45, 2.75) is 36.0 Å². The highest BCUT2D eigenvalue weighted by Gasteiger charge is 2.20. The molecule has 7 heteroatoms. The summed E-state index contributed by atoms with van der Waals surface area (Å²) in [4.78, 5) is 11.7. The molecule has 0 fully saturated rings. The zero-order valence-corrected chi connectivity index (χ0v) is 14.8. The normalized spacial score (nSPS) is 11.3. The van der Waals surface area contributed by atoms with E-state index in [1.807, 2.05) is 6.92 Å². The average molecular weight is 363 g/mol. The first-order valence-corrected chi connectivity index (χ1v) is 9.44. The predicted octanol–water partition coefficient (Wildman–Crippen LogP) is 2.43. The molecule has 6 nitrogen and oxygen atoms in total. The van der Waals surface area contributed by atoms with Crippen molar-refractivity contribution in [2.75, 3.05) is 6.54 Å². The van der Waals surface area contributed by atoms with Crippen LogP contribution < -0.4 is 10.5 Å². The summed E-state index contributed by atoms with van der Waals surface area (Å²) in [6.07, 6.45) is 1.43. The van der Waals surface area contributed by atoms with Gasteiger partial charge in [-0.15, -0.1) is 0 Å². The van der Waals surface area contributed by atoms with Gasteiger partial charge in [-0.25, -0.2) is 8.42 Å². The lowest BCUT2D eigenvalue weighted by Crippen LogP contribution is -2.08. The van der Waals surface area contributed by atoms with Gasteiger partial charge in [-0.05, 0) is 49.2 Å². The molecule has 2 rings (SSSR count). The van der Waals surface area contributed by atoms with E-state index in [9.17, 15) is 18.3 Å². The SMILES string of the molecule is CCCC(=O)Oc1cc(S(=O)(=O)c2ccc(CCN)cc2)ccc1O. The summed E-state index contributed by atoms with van der Waals surface area (Å²) in [6, 6.07) is 10.1. The van der Waals surface area contributed by atoms with Crippen molar-refractivity contribution in [1.29, 1.82) is 0 Å². The minimum atomic E-state index is -3.79. The molecule has 2 aromatic rings. The van der Waals surface area contributed by atoms with Crippen molar-refractivity contribution in [2.24, 2.45) is 5.73 Å². The molecule has 0 spiro atoms. The highest BCUT2D eigenvalue weighted by molar-refractivity contribution is 7.91. The van der Waals surface area contributed by atoms with E-state index in [1.54, 1.807) is 12.1 Å². The molecule has 0 aliphatic rings. The van der Waals surface area contributed by atoms with Gasteiger partial charge in [-0.3, -0.25) is 4.79 Å². The molecule has 25 heavy (non-hydrogen) atoms. The Labute approximate surface area is 147 Å². The van der Waals surface area contributed by atoms with Crippen LogP contribution >= 0.6 is 0 Å². The number of phenolic OH excluding ortho intramolecular Hbond substituents is 1. The number of hydrogen-bond donors (Lipinski definition) is 2. The Morgan fingerprint density at radius 2 is 1.76 bits per heavy atom. The Morgan fingerprint density at radius 3 is 2.36 bits per heavy atom. The molecule has 2 aromatic carbocycles. The maximum Gasteiger partial charge on any atom is 0.311 e. The fourth-order valence-corrected chi connectivity index (χ4v) is 3.54. The Kier molecular flexibility index (Phi) is 6.17. The van der Waals surface area contributed by atoms with E-state index in [2.05, 4.69) is 0 Å². The molecule has 0 aromatic heterocycles. The lowest BCUT2D eigenvalue weighted by atomic mass is 10.2. The van der Waals surface area contributed by atoms with Crippen molar-refractivity contribution >= 4 is 15.8 Å². The summed E-state index contributed by atoms with van der Waals surface area (Å²) in [5.41, 5.74) is 6.43. The number of carbonyl (C=O) groups excluding carboxylic acids is 1. The Hall–Kier alpha value is -2.38. The van der Waals surface area contributed by atoms with Gasteiger partial charge in [0.05, 0.1) is 9.79 Å². The Bertz CT molecular complexity index is 844. The maximum absolute atomic E-state index is 12.7. The second kappa shape index (κ2) is 8.13. The van der Waals surface area contributed by atoms with E-state index in [-0.39, 0.29) is 27.7 Å². The first-order valence-electron chi connectivity index (χ1n) is 7.96. The molecule has 0 unspecified atom stereocenters. The Morgan fingerprint density at radius 1 is 1.12 bits per heavy atom. The lowest BCUT2D eigenvalue weighted by Gasteiger charge is -2.10. The fourth-order valence-electron chi connectivity index (χ4n) is 2.26. The number of esters is 1. The van der Waals surface area contributed by atoms with Crippen LogP contribution in [-0.2, 0) is 21.1 Å². The van der Waals surface area contributed by atoms with Crippen LogP contribution in [-0.4, -0.2) is 26.0 Å². The van der Waals surface area contributed by atoms with Crippen molar-refractivity contribution in [3.63, 3.8) is 0 Å². The summed E-state index contributed by atoms with van der Waals surface area (Å²) in [6.45, 7) is 2.30. The molecular formula is C18H21NO5S. The quantitative estimate of drug-likeness (QED) is 0.578. The third-order valence-electron chi connectivity index (χ3n) is 3.59. The maximum atomic E-state index is 12.7. The van der Waals surface area contributed by atoms with Crippen LogP contribution in [0.5, 0.6) is 11.5 Å². The number of ether oxygens (including phenoxy) is 1. The molecule has 0 radical (unpaired) electrons. The van der Waals surface area contributed by atoms with Crippen molar-refractivity contribution in [3.05, 3.63) is 48.0 Å². The van der Waals surface area contributed by atoms with Gasteiger partial charge >= 0.3 is 5.97 Å². The van der Waals surface area contributed by atoms with Crippen LogP contribution in [0, 0.1) is 0 Å². The van der Waals surface area contributed by atoms with E-state index < -0.39 is 15.8 Å². The third kappa shape index (κ3) is 4.58. The standard InChI is InChI=1S/C18H21NO5S/c1-2-3-18(21)24-17-12-15(8-9-16(17)20)25(22,23)14-6-4-13(5-7-14)10-11-19/h4-9,12,20H,2-3,10-11,19H2,1H3. The molecule has 134 valence electrons. The summed E-state index contributed by atoms with van der Waals surface area (Å²) in [5, 5.41) is 9.80. The van der Waals surface area contributed by atoms with Gasteiger partial charge in [0.2, 0.25) is 9.84 Å². The van der Waals surface area contributed by atoms with Crippen LogP contribution in [0.3, 0.4) is 0 Å². The number of aromatic hydroxyl groups is 1. The minimum Gasteiger partial charge on any atom is -0.504 e. The zero-order chi connectivity index (χ0) is 18.4. The largest absolute Gasteiger partial charge is 0.504 e. The summed E-state index contributed by atoms with van der Waals surface area (Å²) in [5.74, 6) is -0.987. The molecule has 0 aliphatic heterocycles. The summed E-state index contributed by atoms with van der Waals surface area (Å²) >= 11 is 0. The van der Waals surface area contributed by atoms with E-state index in [1.165, 1.54) is 24.3 Å². The van der Waals surface area contributed by atoms with Gasteiger partial charge in [0.1, 0.15) is 0 Å². The van der Waals surface area contributed by atoms with E-state index in [4.69, 9.17) is 10.5 Å². The average Bonchev–Trinajstić information content (AvgIpc) is 2.58. The van der Waals surface area contributed by atoms with Crippen LogP contribution in [0.15, 0.2) is 52.3 Å². The Balaban J connectivity index is 2.34. The van der Waals surface area contributed by atoms with Gasteiger partial charge < -0.3 is 15.6 Å². The lowest BCUT2D eigenvalue weighted by molar-refractivity contribution is -0.134. The summed E-state index contributed by atoms with van der Waals surface area (Å²) in [7, 11) is -3.79. The van der Waals surface area contributed by atoms with Gasteiger partial charge in [0.15, 0.2) is 11.5 Å². The van der Waals surface area contributed by atoms with Crippen molar-refractivity contribution in [3.8, 4) is 11.5 Å². The summed E-state index contributed by atoms with van der Waals surface area (Å²) < 4.78 is 30.5. The number of carbonyl (C=O) groups is 1. The molecule has 3 N–H and O–H groups in total. The predicted molar refractivity (Wildman–Crippen MR) is 93.3 cm³/mol. The number of nitrogens with two attached hydrogens (primary N) is 1. The topological polar surface area (TPSA) is 107 Å². The van der Waals surface area contributed by atoms with Crippen molar-refractivity contribution < 1.29 is 23.1 Å². The second-order valence-electron chi connectivity index (χ2n) is 5.54. The van der Waals surface area contributed by atoms with Crippen molar-refractivity contribution in [1.82, 2.24) is 0 Å². The smallest absolute Gasteiger partial charge is 0.311 e. The monoisotopic (exact) mass is 363 g/mol. The molecule has 0 saturated carbocycles. The van der Waals surface area contributed by atoms with E-state index in [0.717, 1.165) is 11.6 Å². The van der Waals surface area contributed by atoms with Crippen LogP contribution in [0.4, 0.5) is 0 Å². The number of phenols is 1.